The molecular weight excluding hydrogens is 419 g/mol. The monoisotopic (exact) mass is 434 g/mol. The van der Waals surface area contributed by atoms with Crippen molar-refractivity contribution in [3.05, 3.63) is 64.1 Å². The molecule has 0 bridgehead atoms. The number of carbonyl (C=O) groups excluding carboxylic acids is 3. The summed E-state index contributed by atoms with van der Waals surface area (Å²) in [5.41, 5.74) is 4.68. The highest BCUT2D eigenvalue weighted by atomic mass is 35.5. The number of hydrogen-bond acceptors (Lipinski definition) is 6. The van der Waals surface area contributed by atoms with Crippen LogP contribution in [0.15, 0.2) is 40.8 Å². The summed E-state index contributed by atoms with van der Waals surface area (Å²) in [4.78, 5) is 36.3. The van der Waals surface area contributed by atoms with E-state index in [1.54, 1.807) is 19.1 Å². The van der Waals surface area contributed by atoms with Crippen molar-refractivity contribution in [2.75, 3.05) is 13.7 Å². The van der Waals surface area contributed by atoms with Crippen LogP contribution in [0.25, 0.3) is 11.0 Å². The molecule has 156 valence electrons. The Morgan fingerprint density at radius 2 is 1.93 bits per heavy atom. The van der Waals surface area contributed by atoms with E-state index in [-0.39, 0.29) is 22.7 Å². The van der Waals surface area contributed by atoms with Gasteiger partial charge in [0.2, 0.25) is 5.76 Å². The second kappa shape index (κ2) is 8.83. The van der Waals surface area contributed by atoms with Crippen LogP contribution in [0.4, 0.5) is 4.39 Å². The van der Waals surface area contributed by atoms with Crippen molar-refractivity contribution in [1.82, 2.24) is 10.9 Å². The lowest BCUT2D eigenvalue weighted by atomic mass is 10.1. The van der Waals surface area contributed by atoms with Crippen molar-refractivity contribution in [1.29, 1.82) is 0 Å². The topological polar surface area (TPSA) is 107 Å². The average molecular weight is 435 g/mol. The van der Waals surface area contributed by atoms with Crippen molar-refractivity contribution in [3.8, 4) is 5.75 Å². The fraction of sp³-hybridized carbons (Fsp3) is 0.150. The summed E-state index contributed by atoms with van der Waals surface area (Å²) in [6.07, 6.45) is 0. The second-order valence-electron chi connectivity index (χ2n) is 6.10. The number of benzene rings is 2. The van der Waals surface area contributed by atoms with Crippen molar-refractivity contribution in [2.24, 2.45) is 0 Å². The van der Waals surface area contributed by atoms with Crippen molar-refractivity contribution >= 4 is 40.4 Å². The van der Waals surface area contributed by atoms with E-state index < -0.39 is 30.2 Å². The lowest BCUT2D eigenvalue weighted by Crippen LogP contribution is -2.43. The quantitative estimate of drug-likeness (QED) is 0.472. The van der Waals surface area contributed by atoms with E-state index in [1.807, 2.05) is 0 Å². The maximum absolute atomic E-state index is 13.8. The van der Waals surface area contributed by atoms with Crippen LogP contribution in [-0.4, -0.2) is 31.5 Å². The fourth-order valence-electron chi connectivity index (χ4n) is 2.69. The molecule has 2 N–H and O–H groups in total. The predicted molar refractivity (Wildman–Crippen MR) is 105 cm³/mol. The van der Waals surface area contributed by atoms with Gasteiger partial charge < -0.3 is 13.9 Å². The third kappa shape index (κ3) is 4.36. The van der Waals surface area contributed by atoms with Gasteiger partial charge >= 0.3 is 5.97 Å². The first kappa shape index (κ1) is 21.1. The van der Waals surface area contributed by atoms with Crippen LogP contribution in [0, 0.1) is 12.7 Å². The number of aryl methyl sites for hydroxylation is 1. The number of methoxy groups -OCH3 is 1. The van der Waals surface area contributed by atoms with Gasteiger partial charge in [-0.1, -0.05) is 23.7 Å². The van der Waals surface area contributed by atoms with Crippen LogP contribution in [0.1, 0.15) is 26.5 Å². The summed E-state index contributed by atoms with van der Waals surface area (Å²) in [6, 6.07) is 8.69. The lowest BCUT2D eigenvalue weighted by Gasteiger charge is -2.10. The largest absolute Gasteiger partial charge is 0.496 e. The van der Waals surface area contributed by atoms with Crippen LogP contribution in [0.3, 0.4) is 0 Å². The molecule has 0 spiro atoms. The minimum absolute atomic E-state index is 0.0749. The van der Waals surface area contributed by atoms with Crippen molar-refractivity contribution in [2.45, 2.75) is 6.92 Å². The molecular formula is C20H16ClFN2O6. The molecule has 0 aliphatic carbocycles. The highest BCUT2D eigenvalue weighted by molar-refractivity contribution is 6.31. The first-order valence-corrected chi connectivity index (χ1v) is 8.97. The molecule has 3 aromatic rings. The van der Waals surface area contributed by atoms with E-state index in [1.165, 1.54) is 31.4 Å². The van der Waals surface area contributed by atoms with Gasteiger partial charge in [0.05, 0.1) is 12.7 Å². The maximum Gasteiger partial charge on any atom is 0.375 e. The molecule has 2 amide bonds. The van der Waals surface area contributed by atoms with Gasteiger partial charge in [0.15, 0.2) is 18.0 Å². The molecule has 0 fully saturated rings. The molecule has 0 unspecified atom stereocenters. The van der Waals surface area contributed by atoms with Gasteiger partial charge in [-0.2, -0.15) is 0 Å². The zero-order valence-corrected chi connectivity index (χ0v) is 16.6. The number of hydrazine groups is 1. The molecule has 2 aromatic carbocycles. The number of rotatable bonds is 5. The van der Waals surface area contributed by atoms with E-state index in [2.05, 4.69) is 10.9 Å². The van der Waals surface area contributed by atoms with Gasteiger partial charge in [0.25, 0.3) is 11.8 Å². The Morgan fingerprint density at radius 1 is 1.17 bits per heavy atom. The maximum atomic E-state index is 13.8. The molecule has 30 heavy (non-hydrogen) atoms. The molecule has 0 saturated heterocycles. The average Bonchev–Trinajstić information content (AvgIpc) is 3.08. The Labute approximate surface area is 174 Å². The zero-order valence-electron chi connectivity index (χ0n) is 15.9. The van der Waals surface area contributed by atoms with E-state index in [4.69, 9.17) is 25.5 Å². The Morgan fingerprint density at radius 3 is 2.63 bits per heavy atom. The number of nitrogens with one attached hydrogen (secondary N) is 2. The van der Waals surface area contributed by atoms with Gasteiger partial charge in [-0.15, -0.1) is 0 Å². The summed E-state index contributed by atoms with van der Waals surface area (Å²) in [6.45, 7) is 0.866. The summed E-state index contributed by atoms with van der Waals surface area (Å²) in [5, 5.41) is 0.730. The Kier molecular flexibility index (Phi) is 6.22. The third-order valence-electron chi connectivity index (χ3n) is 4.16. The van der Waals surface area contributed by atoms with Gasteiger partial charge in [-0.3, -0.25) is 20.4 Å². The van der Waals surface area contributed by atoms with Crippen molar-refractivity contribution in [3.63, 3.8) is 0 Å². The molecule has 0 saturated carbocycles. The first-order valence-electron chi connectivity index (χ1n) is 8.59. The number of para-hydroxylation sites is 1. The summed E-state index contributed by atoms with van der Waals surface area (Å²) in [5.74, 6) is -3.01. The van der Waals surface area contributed by atoms with Crippen LogP contribution in [-0.2, 0) is 9.53 Å². The number of carbonyl (C=O) groups is 3. The number of fused-ring (bicyclic) bond motifs is 1. The summed E-state index contributed by atoms with van der Waals surface area (Å²) < 4.78 is 29.0. The minimum Gasteiger partial charge on any atom is -0.496 e. The summed E-state index contributed by atoms with van der Waals surface area (Å²) in [7, 11) is 1.38. The standard InChI is InChI=1S/C20H16ClFN2O6/c1-10-12-4-3-5-14(22)18(12)30-17(10)20(27)29-9-16(25)23-24-19(26)13-8-11(21)6-7-15(13)28-2/h3-8H,9H2,1-2H3,(H,23,25)(H,24,26). The van der Waals surface area contributed by atoms with E-state index in [9.17, 15) is 18.8 Å². The number of amides is 2. The van der Waals surface area contributed by atoms with Gasteiger partial charge in [-0.25, -0.2) is 9.18 Å². The normalized spacial score (nSPS) is 10.5. The smallest absolute Gasteiger partial charge is 0.375 e. The third-order valence-corrected chi connectivity index (χ3v) is 4.39. The molecule has 10 heteroatoms. The Hall–Kier alpha value is -3.59. The molecule has 8 nitrogen and oxygen atoms in total. The van der Waals surface area contributed by atoms with Crippen LogP contribution in [0.2, 0.25) is 5.02 Å². The lowest BCUT2D eigenvalue weighted by molar-refractivity contribution is -0.125. The number of esters is 1. The number of ether oxygens (including phenoxy) is 2. The Bertz CT molecular complexity index is 1140. The van der Waals surface area contributed by atoms with Crippen molar-refractivity contribution < 1.29 is 32.7 Å². The van der Waals surface area contributed by atoms with E-state index >= 15 is 0 Å². The fourth-order valence-corrected chi connectivity index (χ4v) is 2.86. The van der Waals surface area contributed by atoms with Gasteiger partial charge in [-0.05, 0) is 31.2 Å². The molecule has 0 atom stereocenters. The van der Waals surface area contributed by atoms with E-state index in [0.717, 1.165) is 0 Å². The molecule has 0 aliphatic rings. The SMILES string of the molecule is COc1ccc(Cl)cc1C(=O)NNC(=O)COC(=O)c1oc2c(F)cccc2c1C. The van der Waals surface area contributed by atoms with E-state index in [0.29, 0.717) is 16.0 Å². The molecule has 0 radical (unpaired) electrons. The van der Waals surface area contributed by atoms with Gasteiger partial charge in [0.1, 0.15) is 5.75 Å². The molecule has 0 aliphatic heterocycles. The molecule has 3 rings (SSSR count). The number of halogens is 2. The first-order chi connectivity index (χ1) is 14.3. The highest BCUT2D eigenvalue weighted by Gasteiger charge is 2.22. The molecule has 1 heterocycles. The summed E-state index contributed by atoms with van der Waals surface area (Å²) >= 11 is 5.86. The Balaban J connectivity index is 1.58. The number of furan rings is 1. The second-order valence-corrected chi connectivity index (χ2v) is 6.53. The van der Waals surface area contributed by atoms with Crippen LogP contribution < -0.4 is 15.6 Å². The van der Waals surface area contributed by atoms with Crippen LogP contribution >= 0.6 is 11.6 Å². The number of hydrogen-bond donors (Lipinski definition) is 2. The minimum atomic E-state index is -0.943. The van der Waals surface area contributed by atoms with Gasteiger partial charge in [0, 0.05) is 16.0 Å². The van der Waals surface area contributed by atoms with Crippen LogP contribution in [0.5, 0.6) is 5.75 Å². The molecule has 1 aromatic heterocycles. The highest BCUT2D eigenvalue weighted by Crippen LogP contribution is 2.27. The predicted octanol–water partition coefficient (Wildman–Crippen LogP) is 3.16. The zero-order chi connectivity index (χ0) is 21.8.